The van der Waals surface area contributed by atoms with Crippen LogP contribution < -0.4 is 16.2 Å². The average molecular weight is 427 g/mol. The molecule has 6 nitrogen and oxygen atoms in total. The van der Waals surface area contributed by atoms with Crippen LogP contribution >= 0.6 is 0 Å². The fourth-order valence-corrected chi connectivity index (χ4v) is 4.44. The molecule has 2 aromatic heterocycles. The summed E-state index contributed by atoms with van der Waals surface area (Å²) in [5.74, 6) is -2.96. The molecule has 0 spiro atoms. The number of carboxylic acids is 1. The first-order valence-electron chi connectivity index (χ1n) is 9.69. The molecular formula is C20H21F4N3O3. The summed E-state index contributed by atoms with van der Waals surface area (Å²) in [5.41, 5.74) is 5.70. The minimum atomic E-state index is -4.53. The third-order valence-corrected chi connectivity index (χ3v) is 6.12. The fourth-order valence-electron chi connectivity index (χ4n) is 4.44. The number of pyridine rings is 2. The van der Waals surface area contributed by atoms with Gasteiger partial charge in [0.2, 0.25) is 0 Å². The number of aromatic nitrogens is 1. The minimum Gasteiger partial charge on any atom is -0.477 e. The number of halogens is 4. The van der Waals surface area contributed by atoms with Crippen LogP contribution in [0.5, 0.6) is 0 Å². The van der Waals surface area contributed by atoms with Crippen LogP contribution in [-0.4, -0.2) is 40.8 Å². The first-order chi connectivity index (χ1) is 14.0. The Morgan fingerprint density at radius 2 is 1.97 bits per heavy atom. The summed E-state index contributed by atoms with van der Waals surface area (Å²) in [6.45, 7) is 1.76. The molecule has 1 saturated heterocycles. The summed E-state index contributed by atoms with van der Waals surface area (Å²) >= 11 is 0. The van der Waals surface area contributed by atoms with Gasteiger partial charge in [-0.25, -0.2) is 9.18 Å². The van der Waals surface area contributed by atoms with Gasteiger partial charge in [-0.15, -0.1) is 0 Å². The van der Waals surface area contributed by atoms with Crippen molar-refractivity contribution in [3.8, 4) is 0 Å². The zero-order valence-electron chi connectivity index (χ0n) is 16.2. The van der Waals surface area contributed by atoms with Crippen LogP contribution in [0, 0.1) is 18.7 Å². The van der Waals surface area contributed by atoms with Crippen LogP contribution in [0.4, 0.5) is 23.2 Å². The molecule has 0 amide bonds. The number of hydrogen-bond donors (Lipinski definition) is 2. The Hall–Kier alpha value is -2.62. The van der Waals surface area contributed by atoms with Gasteiger partial charge < -0.3 is 15.7 Å². The number of carboxylic acid groups (broad SMARTS) is 1. The molecular weight excluding hydrogens is 406 g/mol. The highest BCUT2D eigenvalue weighted by Gasteiger charge is 2.44. The molecule has 0 unspecified atom stereocenters. The van der Waals surface area contributed by atoms with E-state index >= 15 is 4.39 Å². The van der Waals surface area contributed by atoms with Gasteiger partial charge in [-0.05, 0) is 49.3 Å². The number of nitrogens with zero attached hydrogens (tertiary/aromatic N) is 2. The molecule has 1 aliphatic carbocycles. The van der Waals surface area contributed by atoms with Crippen molar-refractivity contribution in [2.75, 3.05) is 18.0 Å². The van der Waals surface area contributed by atoms with Crippen LogP contribution in [0.1, 0.15) is 46.7 Å². The molecule has 3 N–H and O–H groups in total. The second-order valence-corrected chi connectivity index (χ2v) is 8.13. The van der Waals surface area contributed by atoms with Crippen molar-refractivity contribution < 1.29 is 27.5 Å². The largest absolute Gasteiger partial charge is 0.477 e. The van der Waals surface area contributed by atoms with Crippen molar-refractivity contribution in [2.45, 2.75) is 44.3 Å². The number of fused-ring (bicyclic) bond motifs is 1. The number of alkyl halides is 3. The monoisotopic (exact) mass is 427 g/mol. The lowest BCUT2D eigenvalue weighted by Crippen LogP contribution is -2.44. The van der Waals surface area contributed by atoms with E-state index in [-0.39, 0.29) is 31.1 Å². The van der Waals surface area contributed by atoms with Gasteiger partial charge in [-0.2, -0.15) is 13.2 Å². The third kappa shape index (κ3) is 3.32. The predicted octanol–water partition coefficient (Wildman–Crippen LogP) is 3.04. The Kier molecular flexibility index (Phi) is 4.80. The molecule has 0 aromatic carbocycles. The van der Waals surface area contributed by atoms with E-state index in [0.29, 0.717) is 16.6 Å². The van der Waals surface area contributed by atoms with E-state index < -0.39 is 41.0 Å². The average Bonchev–Trinajstić information content (AvgIpc) is 3.38. The smallest absolute Gasteiger partial charge is 0.403 e. The minimum absolute atomic E-state index is 0.0508. The maximum absolute atomic E-state index is 15.1. The Balaban J connectivity index is 1.83. The summed E-state index contributed by atoms with van der Waals surface area (Å²) in [5, 5.41) is 9.35. The van der Waals surface area contributed by atoms with Crippen molar-refractivity contribution >= 4 is 17.2 Å². The van der Waals surface area contributed by atoms with Crippen LogP contribution in [0.2, 0.25) is 0 Å². The molecule has 4 rings (SSSR count). The Morgan fingerprint density at radius 3 is 2.53 bits per heavy atom. The van der Waals surface area contributed by atoms with E-state index in [1.807, 2.05) is 0 Å². The lowest BCUT2D eigenvalue weighted by molar-refractivity contribution is -0.157. The fraction of sp³-hybridized carbons (Fsp3) is 0.500. The number of rotatable bonds is 4. The van der Waals surface area contributed by atoms with E-state index in [1.54, 1.807) is 6.92 Å². The zero-order valence-corrected chi connectivity index (χ0v) is 16.2. The van der Waals surface area contributed by atoms with Gasteiger partial charge in [-0.1, -0.05) is 0 Å². The van der Waals surface area contributed by atoms with Crippen LogP contribution in [0.15, 0.2) is 17.1 Å². The first kappa shape index (κ1) is 20.6. The Morgan fingerprint density at radius 1 is 1.30 bits per heavy atom. The number of aryl methyl sites for hydroxylation is 1. The Bertz CT molecular complexity index is 1090. The number of aromatic carboxylic acids is 1. The zero-order chi connectivity index (χ0) is 22.0. The van der Waals surface area contributed by atoms with Crippen molar-refractivity contribution in [2.24, 2.45) is 11.7 Å². The molecule has 3 heterocycles. The number of nitrogens with two attached hydrogens (primary N) is 1. The van der Waals surface area contributed by atoms with E-state index in [4.69, 9.17) is 5.73 Å². The molecule has 2 aliphatic rings. The quantitative estimate of drug-likeness (QED) is 0.733. The maximum Gasteiger partial charge on any atom is 0.403 e. The molecule has 1 saturated carbocycles. The SMILES string of the molecule is Cc1c(N2CC[C@H]([C@@H](N)C(F)(F)F)C2)c(F)cn2c(=O)c(C(=O)O)cc(C3CC3)c12. The molecule has 2 atom stereocenters. The molecule has 0 bridgehead atoms. The lowest BCUT2D eigenvalue weighted by atomic mass is 9.99. The van der Waals surface area contributed by atoms with Crippen molar-refractivity contribution in [3.05, 3.63) is 45.1 Å². The normalized spacial score (nSPS) is 20.7. The molecule has 0 radical (unpaired) electrons. The standard InChI is InChI=1S/C20H21F4N3O3/c1-9-15-12(10-2-3-10)6-13(19(29)30)18(28)27(15)8-14(21)16(9)26-5-4-11(7-26)17(25)20(22,23)24/h6,8,10-11,17H,2-5,7,25H2,1H3,(H,29,30)/t11-,17+/m0/s1. The van der Waals surface area contributed by atoms with Crippen LogP contribution in [0.3, 0.4) is 0 Å². The first-order valence-corrected chi connectivity index (χ1v) is 9.69. The van der Waals surface area contributed by atoms with Crippen molar-refractivity contribution in [3.63, 3.8) is 0 Å². The summed E-state index contributed by atoms with van der Waals surface area (Å²) in [6.07, 6.45) is -1.77. The van der Waals surface area contributed by atoms with E-state index in [1.165, 1.54) is 11.0 Å². The number of carbonyl (C=O) groups is 1. The molecule has 2 fully saturated rings. The maximum atomic E-state index is 15.1. The summed E-state index contributed by atoms with van der Waals surface area (Å²) in [4.78, 5) is 25.6. The molecule has 1 aliphatic heterocycles. The van der Waals surface area contributed by atoms with E-state index in [9.17, 15) is 27.9 Å². The second-order valence-electron chi connectivity index (χ2n) is 8.13. The van der Waals surface area contributed by atoms with Crippen molar-refractivity contribution in [1.29, 1.82) is 0 Å². The molecule has 10 heteroatoms. The summed E-state index contributed by atoms with van der Waals surface area (Å²) < 4.78 is 55.0. The van der Waals surface area contributed by atoms with Gasteiger partial charge in [0.15, 0.2) is 5.82 Å². The number of hydrogen-bond acceptors (Lipinski definition) is 4. The Labute approximate surface area is 168 Å². The summed E-state index contributed by atoms with van der Waals surface area (Å²) in [7, 11) is 0. The summed E-state index contributed by atoms with van der Waals surface area (Å²) in [6, 6.07) is -0.646. The highest BCUT2D eigenvalue weighted by atomic mass is 19.4. The molecule has 2 aromatic rings. The second kappa shape index (κ2) is 6.97. The van der Waals surface area contributed by atoms with Gasteiger partial charge in [0, 0.05) is 19.0 Å². The van der Waals surface area contributed by atoms with Gasteiger partial charge in [0.25, 0.3) is 5.56 Å². The van der Waals surface area contributed by atoms with Gasteiger partial charge in [-0.3, -0.25) is 9.20 Å². The topological polar surface area (TPSA) is 88.0 Å². The highest BCUT2D eigenvalue weighted by Crippen LogP contribution is 2.44. The van der Waals surface area contributed by atoms with Gasteiger partial charge >= 0.3 is 12.1 Å². The van der Waals surface area contributed by atoms with E-state index in [2.05, 4.69) is 0 Å². The van der Waals surface area contributed by atoms with Crippen LogP contribution in [0.25, 0.3) is 5.52 Å². The van der Waals surface area contributed by atoms with Crippen LogP contribution in [-0.2, 0) is 0 Å². The van der Waals surface area contributed by atoms with Gasteiger partial charge in [0.1, 0.15) is 11.6 Å². The molecule has 30 heavy (non-hydrogen) atoms. The predicted molar refractivity (Wildman–Crippen MR) is 102 cm³/mol. The van der Waals surface area contributed by atoms with Gasteiger partial charge in [0.05, 0.1) is 17.4 Å². The van der Waals surface area contributed by atoms with Crippen molar-refractivity contribution in [1.82, 2.24) is 4.40 Å². The third-order valence-electron chi connectivity index (χ3n) is 6.12. The lowest BCUT2D eigenvalue weighted by Gasteiger charge is -2.26. The van der Waals surface area contributed by atoms with E-state index in [0.717, 1.165) is 23.4 Å². The molecule has 162 valence electrons. The highest BCUT2D eigenvalue weighted by molar-refractivity contribution is 5.89. The number of anilines is 1.